The van der Waals surface area contributed by atoms with E-state index in [1.54, 1.807) is 0 Å². The summed E-state index contributed by atoms with van der Waals surface area (Å²) >= 11 is 6.80. The molecule has 3 N–H and O–H groups in total. The molecule has 64 valence electrons. The maximum Gasteiger partial charge on any atom is 0.321 e. The Bertz CT molecular complexity index is 163. The first-order valence-electron chi connectivity index (χ1n) is 2.93. The Morgan fingerprint density at radius 1 is 1.82 bits per heavy atom. The second-order valence-corrected chi connectivity index (χ2v) is 3.54. The van der Waals surface area contributed by atoms with Crippen LogP contribution in [0.5, 0.6) is 0 Å². The SMILES string of the molecule is C=C(Cl)CSCC(N)C(=O)O. The van der Waals surface area contributed by atoms with Crippen molar-refractivity contribution in [3.63, 3.8) is 0 Å². The molecule has 0 rings (SSSR count). The predicted molar refractivity (Wildman–Crippen MR) is 47.9 cm³/mol. The summed E-state index contributed by atoms with van der Waals surface area (Å²) in [6, 6.07) is -0.809. The fourth-order valence-corrected chi connectivity index (χ4v) is 1.34. The van der Waals surface area contributed by atoms with Gasteiger partial charge in [-0.2, -0.15) is 11.8 Å². The van der Waals surface area contributed by atoms with Gasteiger partial charge in [0.15, 0.2) is 0 Å². The molecule has 1 atom stereocenters. The summed E-state index contributed by atoms with van der Waals surface area (Å²) in [7, 11) is 0. The zero-order valence-corrected chi connectivity index (χ0v) is 7.49. The lowest BCUT2D eigenvalue weighted by atomic mass is 10.4. The van der Waals surface area contributed by atoms with Gasteiger partial charge in [0, 0.05) is 16.5 Å². The van der Waals surface area contributed by atoms with Crippen LogP contribution in [0.15, 0.2) is 11.6 Å². The number of carboxylic acids is 1. The molecule has 0 aromatic rings. The number of rotatable bonds is 5. The van der Waals surface area contributed by atoms with Gasteiger partial charge in [-0.15, -0.1) is 0 Å². The minimum Gasteiger partial charge on any atom is -0.480 e. The molecule has 0 saturated carbocycles. The van der Waals surface area contributed by atoms with Crippen LogP contribution in [0, 0.1) is 0 Å². The maximum atomic E-state index is 10.2. The standard InChI is InChI=1S/C6H10ClNO2S/c1-4(7)2-11-3-5(8)6(9)10/h5H,1-3,8H2,(H,9,10). The highest BCUT2D eigenvalue weighted by Gasteiger charge is 2.10. The topological polar surface area (TPSA) is 63.3 Å². The van der Waals surface area contributed by atoms with E-state index in [4.69, 9.17) is 22.4 Å². The van der Waals surface area contributed by atoms with Gasteiger partial charge in [-0.05, 0) is 0 Å². The van der Waals surface area contributed by atoms with E-state index >= 15 is 0 Å². The number of nitrogens with two attached hydrogens (primary N) is 1. The van der Waals surface area contributed by atoms with Crippen molar-refractivity contribution in [2.45, 2.75) is 6.04 Å². The van der Waals surface area contributed by atoms with Gasteiger partial charge < -0.3 is 10.8 Å². The monoisotopic (exact) mass is 195 g/mol. The number of hydrogen-bond acceptors (Lipinski definition) is 3. The van der Waals surface area contributed by atoms with E-state index in [0.717, 1.165) is 0 Å². The van der Waals surface area contributed by atoms with Crippen molar-refractivity contribution in [2.75, 3.05) is 11.5 Å². The lowest BCUT2D eigenvalue weighted by Crippen LogP contribution is -2.32. The largest absolute Gasteiger partial charge is 0.480 e. The van der Waals surface area contributed by atoms with Crippen molar-refractivity contribution in [1.29, 1.82) is 0 Å². The lowest BCUT2D eigenvalue weighted by molar-refractivity contribution is -0.137. The molecule has 0 amide bonds. The quantitative estimate of drug-likeness (QED) is 0.684. The van der Waals surface area contributed by atoms with Gasteiger partial charge in [-0.3, -0.25) is 4.79 Å². The first-order chi connectivity index (χ1) is 5.04. The highest BCUT2D eigenvalue weighted by atomic mass is 35.5. The summed E-state index contributed by atoms with van der Waals surface area (Å²) in [5.41, 5.74) is 5.21. The minimum absolute atomic E-state index is 0.362. The average Bonchev–Trinajstić information content (AvgIpc) is 1.86. The number of hydrogen-bond donors (Lipinski definition) is 2. The third-order valence-electron chi connectivity index (χ3n) is 0.873. The summed E-state index contributed by atoms with van der Waals surface area (Å²) in [5, 5.41) is 8.86. The molecule has 0 heterocycles. The summed E-state index contributed by atoms with van der Waals surface area (Å²) in [4.78, 5) is 10.2. The van der Waals surface area contributed by atoms with Crippen molar-refractivity contribution in [2.24, 2.45) is 5.73 Å². The Labute approximate surface area is 74.6 Å². The molecule has 0 aliphatic heterocycles. The molecule has 0 bridgehead atoms. The first-order valence-corrected chi connectivity index (χ1v) is 4.46. The van der Waals surface area contributed by atoms with Crippen molar-refractivity contribution in [3.8, 4) is 0 Å². The van der Waals surface area contributed by atoms with E-state index in [9.17, 15) is 4.79 Å². The third kappa shape index (κ3) is 6.22. The molecule has 0 aliphatic rings. The van der Waals surface area contributed by atoms with E-state index in [1.807, 2.05) is 0 Å². The molecule has 5 heteroatoms. The van der Waals surface area contributed by atoms with Crippen molar-refractivity contribution < 1.29 is 9.90 Å². The Hall–Kier alpha value is -0.190. The molecule has 1 unspecified atom stereocenters. The Morgan fingerprint density at radius 3 is 2.73 bits per heavy atom. The van der Waals surface area contributed by atoms with Gasteiger partial charge in [-0.1, -0.05) is 18.2 Å². The molecule has 0 aliphatic carbocycles. The number of carbonyl (C=O) groups is 1. The molecule has 3 nitrogen and oxygen atoms in total. The fraction of sp³-hybridized carbons (Fsp3) is 0.500. The van der Waals surface area contributed by atoms with Crippen LogP contribution in [-0.4, -0.2) is 28.6 Å². The normalized spacial score (nSPS) is 12.5. The molecule has 0 spiro atoms. The van der Waals surface area contributed by atoms with Crippen LogP contribution in [0.3, 0.4) is 0 Å². The van der Waals surface area contributed by atoms with E-state index < -0.39 is 12.0 Å². The van der Waals surface area contributed by atoms with Gasteiger partial charge in [0.1, 0.15) is 6.04 Å². The second-order valence-electron chi connectivity index (χ2n) is 1.98. The molecule has 0 saturated heterocycles. The van der Waals surface area contributed by atoms with Crippen molar-refractivity contribution in [1.82, 2.24) is 0 Å². The zero-order chi connectivity index (χ0) is 8.85. The van der Waals surface area contributed by atoms with Crippen LogP contribution in [0.1, 0.15) is 0 Å². The second kappa shape index (κ2) is 5.46. The first kappa shape index (κ1) is 10.8. The summed E-state index contributed by atoms with van der Waals surface area (Å²) in [6.45, 7) is 3.45. The number of thioether (sulfide) groups is 1. The average molecular weight is 196 g/mol. The fourth-order valence-electron chi connectivity index (χ4n) is 0.368. The Morgan fingerprint density at radius 2 is 2.36 bits per heavy atom. The molecular weight excluding hydrogens is 186 g/mol. The summed E-state index contributed by atoms with van der Waals surface area (Å²) < 4.78 is 0. The highest BCUT2D eigenvalue weighted by Crippen LogP contribution is 2.09. The molecule has 0 fully saturated rings. The Kier molecular flexibility index (Phi) is 5.36. The molecule has 0 aromatic carbocycles. The van der Waals surface area contributed by atoms with E-state index in [0.29, 0.717) is 16.5 Å². The molecule has 11 heavy (non-hydrogen) atoms. The van der Waals surface area contributed by atoms with E-state index in [2.05, 4.69) is 6.58 Å². The van der Waals surface area contributed by atoms with E-state index in [1.165, 1.54) is 11.8 Å². The van der Waals surface area contributed by atoms with Gasteiger partial charge in [0.2, 0.25) is 0 Å². The van der Waals surface area contributed by atoms with Gasteiger partial charge in [0.25, 0.3) is 0 Å². The van der Waals surface area contributed by atoms with E-state index in [-0.39, 0.29) is 0 Å². The van der Waals surface area contributed by atoms with Crippen LogP contribution < -0.4 is 5.73 Å². The summed E-state index contributed by atoms with van der Waals surface area (Å²) in [5.74, 6) is -0.0819. The predicted octanol–water partition coefficient (Wildman–Crippen LogP) is 0.884. The number of aliphatic carboxylic acids is 1. The number of carboxylic acid groups (broad SMARTS) is 1. The van der Waals surface area contributed by atoms with Crippen molar-refractivity contribution in [3.05, 3.63) is 11.6 Å². The van der Waals surface area contributed by atoms with Crippen LogP contribution in [-0.2, 0) is 4.79 Å². The number of halogens is 1. The van der Waals surface area contributed by atoms with Crippen molar-refractivity contribution >= 4 is 29.3 Å². The van der Waals surface area contributed by atoms with Gasteiger partial charge in [0.05, 0.1) is 0 Å². The highest BCUT2D eigenvalue weighted by molar-refractivity contribution is 7.99. The minimum atomic E-state index is -0.988. The van der Waals surface area contributed by atoms with Gasteiger partial charge in [-0.25, -0.2) is 0 Å². The smallest absolute Gasteiger partial charge is 0.321 e. The van der Waals surface area contributed by atoms with Gasteiger partial charge >= 0.3 is 5.97 Å². The van der Waals surface area contributed by atoms with Crippen LogP contribution in [0.2, 0.25) is 0 Å². The maximum absolute atomic E-state index is 10.2. The molecular formula is C6H10ClNO2S. The summed E-state index contributed by atoms with van der Waals surface area (Å²) in [6.07, 6.45) is 0. The molecule has 0 radical (unpaired) electrons. The third-order valence-corrected chi connectivity index (χ3v) is 2.31. The zero-order valence-electron chi connectivity index (χ0n) is 5.92. The van der Waals surface area contributed by atoms with Crippen LogP contribution in [0.4, 0.5) is 0 Å². The lowest BCUT2D eigenvalue weighted by Gasteiger charge is -2.03. The van der Waals surface area contributed by atoms with Crippen LogP contribution >= 0.6 is 23.4 Å². The Balaban J connectivity index is 3.39. The molecule has 0 aromatic heterocycles. The van der Waals surface area contributed by atoms with Crippen LogP contribution in [0.25, 0.3) is 0 Å².